The molecule has 0 aliphatic heterocycles. The molecule has 2 aliphatic rings. The van der Waals surface area contributed by atoms with E-state index in [9.17, 15) is 14.4 Å². The maximum absolute atomic E-state index is 12.6. The molecule has 0 bridgehead atoms. The van der Waals surface area contributed by atoms with Crippen LogP contribution in [0.1, 0.15) is 56.6 Å². The molecule has 2 aliphatic carbocycles. The van der Waals surface area contributed by atoms with Gasteiger partial charge in [-0.05, 0) is 60.3 Å². The molecule has 7 nitrogen and oxygen atoms in total. The first-order valence-corrected chi connectivity index (χ1v) is 12.5. The SMILES string of the molecule is CCC(C)N(CC(=O)O)C(=O)CC1CC(CNC(=O)OCC2c3ccccc3-c3ccccc32)C1. The van der Waals surface area contributed by atoms with Gasteiger partial charge in [-0.15, -0.1) is 0 Å². The lowest BCUT2D eigenvalue weighted by atomic mass is 9.73. The number of carbonyl (C=O) groups is 3. The van der Waals surface area contributed by atoms with Crippen molar-refractivity contribution in [2.45, 2.75) is 51.5 Å². The summed E-state index contributed by atoms with van der Waals surface area (Å²) in [4.78, 5) is 37.6. The van der Waals surface area contributed by atoms with Crippen LogP contribution in [0, 0.1) is 11.8 Å². The Balaban J connectivity index is 1.20. The van der Waals surface area contributed by atoms with Crippen molar-refractivity contribution in [3.8, 4) is 11.1 Å². The second kappa shape index (κ2) is 10.9. The van der Waals surface area contributed by atoms with Gasteiger partial charge in [0.15, 0.2) is 0 Å². The predicted octanol–water partition coefficient (Wildman–Crippen LogP) is 4.65. The molecule has 0 radical (unpaired) electrons. The monoisotopic (exact) mass is 478 g/mol. The van der Waals surface area contributed by atoms with Crippen LogP contribution >= 0.6 is 0 Å². The number of carboxylic acid groups (broad SMARTS) is 1. The third-order valence-corrected chi connectivity index (χ3v) is 7.42. The Morgan fingerprint density at radius 1 is 1.03 bits per heavy atom. The van der Waals surface area contributed by atoms with E-state index in [0.717, 1.165) is 19.3 Å². The number of fused-ring (bicyclic) bond motifs is 3. The summed E-state index contributed by atoms with van der Waals surface area (Å²) in [5.41, 5.74) is 4.76. The topological polar surface area (TPSA) is 95.9 Å². The van der Waals surface area contributed by atoms with Gasteiger partial charge in [0, 0.05) is 24.9 Å². The number of rotatable bonds is 10. The van der Waals surface area contributed by atoms with E-state index in [0.29, 0.717) is 18.9 Å². The van der Waals surface area contributed by atoms with Gasteiger partial charge < -0.3 is 20.1 Å². The molecule has 186 valence electrons. The predicted molar refractivity (Wildman–Crippen MR) is 133 cm³/mol. The lowest BCUT2D eigenvalue weighted by Gasteiger charge is -2.37. The van der Waals surface area contributed by atoms with Gasteiger partial charge in [0.25, 0.3) is 0 Å². The van der Waals surface area contributed by atoms with E-state index in [2.05, 4.69) is 29.6 Å². The Hall–Kier alpha value is -3.35. The Morgan fingerprint density at radius 2 is 1.63 bits per heavy atom. The van der Waals surface area contributed by atoms with Gasteiger partial charge in [0.2, 0.25) is 5.91 Å². The maximum Gasteiger partial charge on any atom is 0.407 e. The van der Waals surface area contributed by atoms with Crippen LogP contribution in [0.4, 0.5) is 4.79 Å². The Morgan fingerprint density at radius 3 is 2.20 bits per heavy atom. The summed E-state index contributed by atoms with van der Waals surface area (Å²) in [5.74, 6) is -0.513. The van der Waals surface area contributed by atoms with Gasteiger partial charge in [0.05, 0.1) is 0 Å². The Bertz CT molecular complexity index is 1030. The number of alkyl carbamates (subject to hydrolysis) is 1. The van der Waals surface area contributed by atoms with E-state index >= 15 is 0 Å². The third-order valence-electron chi connectivity index (χ3n) is 7.42. The number of ether oxygens (including phenoxy) is 1. The average Bonchev–Trinajstić information content (AvgIpc) is 3.15. The molecule has 4 rings (SSSR count). The van der Waals surface area contributed by atoms with Crippen molar-refractivity contribution >= 4 is 18.0 Å². The van der Waals surface area contributed by atoms with Gasteiger partial charge in [-0.3, -0.25) is 9.59 Å². The molecular weight excluding hydrogens is 444 g/mol. The fourth-order valence-electron chi connectivity index (χ4n) is 5.30. The summed E-state index contributed by atoms with van der Waals surface area (Å²) in [6.07, 6.45) is 2.35. The van der Waals surface area contributed by atoms with Crippen LogP contribution in [0.2, 0.25) is 0 Å². The molecule has 0 saturated heterocycles. The van der Waals surface area contributed by atoms with E-state index in [-0.39, 0.29) is 36.9 Å². The molecule has 2 aromatic carbocycles. The second-order valence-corrected chi connectivity index (χ2v) is 9.79. The molecule has 1 atom stereocenters. The zero-order valence-electron chi connectivity index (χ0n) is 20.4. The Labute approximate surface area is 206 Å². The number of nitrogens with one attached hydrogen (secondary N) is 1. The highest BCUT2D eigenvalue weighted by Gasteiger charge is 2.34. The highest BCUT2D eigenvalue weighted by atomic mass is 16.5. The number of hydrogen-bond acceptors (Lipinski definition) is 4. The fourth-order valence-corrected chi connectivity index (χ4v) is 5.30. The molecule has 1 unspecified atom stereocenters. The van der Waals surface area contributed by atoms with Crippen LogP contribution in [0.25, 0.3) is 11.1 Å². The third kappa shape index (κ3) is 5.66. The number of nitrogens with zero attached hydrogens (tertiary/aromatic N) is 1. The zero-order valence-corrected chi connectivity index (χ0v) is 20.4. The van der Waals surface area contributed by atoms with Gasteiger partial charge >= 0.3 is 12.1 Å². The standard InChI is InChI=1S/C28H34N2O5/c1-3-18(2)30(16-27(32)33)26(31)14-19-12-20(13-19)15-29-28(34)35-17-25-23-10-6-4-8-21(23)22-9-5-7-11-24(22)25/h4-11,18-20,25H,3,12-17H2,1-2H3,(H,29,34)(H,32,33). The summed E-state index contributed by atoms with van der Waals surface area (Å²) in [5, 5.41) is 12.0. The summed E-state index contributed by atoms with van der Waals surface area (Å²) in [7, 11) is 0. The molecule has 0 aromatic heterocycles. The van der Waals surface area contributed by atoms with Crippen LogP contribution in [0.5, 0.6) is 0 Å². The Kier molecular flexibility index (Phi) is 7.73. The first kappa shape index (κ1) is 24.8. The van der Waals surface area contributed by atoms with Gasteiger partial charge in [-0.2, -0.15) is 0 Å². The van der Waals surface area contributed by atoms with Crippen molar-refractivity contribution in [3.05, 3.63) is 59.7 Å². The van der Waals surface area contributed by atoms with Crippen molar-refractivity contribution in [3.63, 3.8) is 0 Å². The highest BCUT2D eigenvalue weighted by Crippen LogP contribution is 2.44. The van der Waals surface area contributed by atoms with Crippen LogP contribution in [0.3, 0.4) is 0 Å². The summed E-state index contributed by atoms with van der Waals surface area (Å²) in [6, 6.07) is 16.4. The molecule has 1 saturated carbocycles. The van der Waals surface area contributed by atoms with E-state index in [1.165, 1.54) is 27.2 Å². The maximum atomic E-state index is 12.6. The number of benzene rings is 2. The normalized spacial score (nSPS) is 19.1. The molecule has 1 fully saturated rings. The minimum Gasteiger partial charge on any atom is -0.480 e. The van der Waals surface area contributed by atoms with Crippen molar-refractivity contribution in [1.29, 1.82) is 0 Å². The smallest absolute Gasteiger partial charge is 0.407 e. The van der Waals surface area contributed by atoms with Crippen molar-refractivity contribution in [2.24, 2.45) is 11.8 Å². The fraction of sp³-hybridized carbons (Fsp3) is 0.464. The zero-order chi connectivity index (χ0) is 24.9. The van der Waals surface area contributed by atoms with E-state index in [1.807, 2.05) is 38.1 Å². The number of hydrogen-bond donors (Lipinski definition) is 2. The lowest BCUT2D eigenvalue weighted by Crippen LogP contribution is -2.44. The van der Waals surface area contributed by atoms with Gasteiger partial charge in [-0.25, -0.2) is 4.79 Å². The van der Waals surface area contributed by atoms with E-state index < -0.39 is 12.1 Å². The highest BCUT2D eigenvalue weighted by molar-refractivity contribution is 5.82. The first-order chi connectivity index (χ1) is 16.9. The largest absolute Gasteiger partial charge is 0.480 e. The van der Waals surface area contributed by atoms with Crippen LogP contribution in [-0.4, -0.2) is 53.7 Å². The summed E-state index contributed by atoms with van der Waals surface area (Å²) in [6.45, 7) is 4.37. The molecule has 7 heteroatoms. The molecule has 0 spiro atoms. The summed E-state index contributed by atoms with van der Waals surface area (Å²) < 4.78 is 5.59. The van der Waals surface area contributed by atoms with Crippen LogP contribution in [-0.2, 0) is 14.3 Å². The van der Waals surface area contributed by atoms with Gasteiger partial charge in [-0.1, -0.05) is 55.5 Å². The molecule has 2 amide bonds. The van der Waals surface area contributed by atoms with Crippen LogP contribution < -0.4 is 5.32 Å². The summed E-state index contributed by atoms with van der Waals surface area (Å²) >= 11 is 0. The van der Waals surface area contributed by atoms with E-state index in [1.54, 1.807) is 0 Å². The quantitative estimate of drug-likeness (QED) is 0.518. The van der Waals surface area contributed by atoms with Crippen molar-refractivity contribution < 1.29 is 24.2 Å². The van der Waals surface area contributed by atoms with Crippen LogP contribution in [0.15, 0.2) is 48.5 Å². The molecular formula is C28H34N2O5. The number of amides is 2. The number of aliphatic carboxylic acids is 1. The number of carbonyl (C=O) groups excluding carboxylic acids is 2. The minimum absolute atomic E-state index is 0.0338. The van der Waals surface area contributed by atoms with Crippen molar-refractivity contribution in [2.75, 3.05) is 19.7 Å². The van der Waals surface area contributed by atoms with Crippen molar-refractivity contribution in [1.82, 2.24) is 10.2 Å². The second-order valence-electron chi connectivity index (χ2n) is 9.79. The lowest BCUT2D eigenvalue weighted by molar-refractivity contribution is -0.147. The van der Waals surface area contributed by atoms with E-state index in [4.69, 9.17) is 9.84 Å². The minimum atomic E-state index is -0.988. The van der Waals surface area contributed by atoms with Gasteiger partial charge in [0.1, 0.15) is 13.2 Å². The molecule has 2 N–H and O–H groups in total. The molecule has 0 heterocycles. The first-order valence-electron chi connectivity index (χ1n) is 12.5. The number of carboxylic acids is 1. The molecule has 35 heavy (non-hydrogen) atoms. The molecule has 2 aromatic rings. The average molecular weight is 479 g/mol.